The summed E-state index contributed by atoms with van der Waals surface area (Å²) in [5, 5.41) is 15.4. The quantitative estimate of drug-likeness (QED) is 0.444. The second-order valence-electron chi connectivity index (χ2n) is 6.10. The Morgan fingerprint density at radius 1 is 1.19 bits per heavy atom. The lowest BCUT2D eigenvalue weighted by atomic mass is 10.1. The Bertz CT molecular complexity index is 829. The largest absolute Gasteiger partial charge is 0.496 e. The maximum atomic E-state index is 11.2. The second-order valence-corrected chi connectivity index (χ2v) is 6.10. The SMILES string of the molecule is COc1ccccc1C(C)=NOc1cc(N2CCCC2)cc([N+](=O)[O-])c1. The Labute approximate surface area is 152 Å². The number of anilines is 1. The van der Waals surface area contributed by atoms with Crippen molar-refractivity contribution in [2.24, 2.45) is 5.16 Å². The molecule has 3 rings (SSSR count). The summed E-state index contributed by atoms with van der Waals surface area (Å²) in [5.74, 6) is 1.03. The number of oxime groups is 1. The molecule has 0 atom stereocenters. The van der Waals surface area contributed by atoms with E-state index >= 15 is 0 Å². The van der Waals surface area contributed by atoms with Crippen LogP contribution in [-0.4, -0.2) is 30.8 Å². The first-order valence-electron chi connectivity index (χ1n) is 8.48. The van der Waals surface area contributed by atoms with Gasteiger partial charge in [0.25, 0.3) is 5.69 Å². The highest BCUT2D eigenvalue weighted by Gasteiger charge is 2.18. The molecule has 7 heteroatoms. The number of para-hydroxylation sites is 1. The van der Waals surface area contributed by atoms with E-state index in [1.54, 1.807) is 26.2 Å². The molecule has 1 saturated heterocycles. The van der Waals surface area contributed by atoms with Crippen molar-refractivity contribution in [3.63, 3.8) is 0 Å². The molecule has 2 aromatic rings. The molecule has 0 amide bonds. The Morgan fingerprint density at radius 2 is 1.92 bits per heavy atom. The third-order valence-electron chi connectivity index (χ3n) is 4.34. The van der Waals surface area contributed by atoms with E-state index < -0.39 is 4.92 Å². The van der Waals surface area contributed by atoms with E-state index in [1.165, 1.54) is 6.07 Å². The number of hydrogen-bond acceptors (Lipinski definition) is 6. The van der Waals surface area contributed by atoms with Crippen molar-refractivity contribution >= 4 is 17.1 Å². The lowest BCUT2D eigenvalue weighted by Gasteiger charge is -2.17. The first-order chi connectivity index (χ1) is 12.6. The Morgan fingerprint density at radius 3 is 2.62 bits per heavy atom. The van der Waals surface area contributed by atoms with Crippen LogP contribution in [0.25, 0.3) is 0 Å². The third kappa shape index (κ3) is 3.93. The predicted octanol–water partition coefficient (Wildman–Crippen LogP) is 4.01. The summed E-state index contributed by atoms with van der Waals surface area (Å²) in [6, 6.07) is 12.2. The van der Waals surface area contributed by atoms with Gasteiger partial charge in [-0.1, -0.05) is 17.3 Å². The lowest BCUT2D eigenvalue weighted by Crippen LogP contribution is -2.17. The molecule has 0 bridgehead atoms. The number of nitrogens with zero attached hydrogens (tertiary/aromatic N) is 3. The van der Waals surface area contributed by atoms with Gasteiger partial charge >= 0.3 is 0 Å². The number of benzene rings is 2. The normalized spacial score (nSPS) is 14.4. The highest BCUT2D eigenvalue weighted by Crippen LogP contribution is 2.31. The van der Waals surface area contributed by atoms with Crippen LogP contribution in [-0.2, 0) is 0 Å². The molecule has 0 radical (unpaired) electrons. The van der Waals surface area contributed by atoms with Gasteiger partial charge in [-0.05, 0) is 31.9 Å². The van der Waals surface area contributed by atoms with Crippen LogP contribution in [0.1, 0.15) is 25.3 Å². The molecule has 0 saturated carbocycles. The molecule has 1 aliphatic rings. The fourth-order valence-corrected chi connectivity index (χ4v) is 3.00. The van der Waals surface area contributed by atoms with Crippen LogP contribution in [0.15, 0.2) is 47.6 Å². The Hall–Kier alpha value is -3.09. The predicted molar refractivity (Wildman–Crippen MR) is 100 cm³/mol. The minimum absolute atomic E-state index is 0.00505. The number of nitro groups is 1. The van der Waals surface area contributed by atoms with Gasteiger partial charge in [0.1, 0.15) is 5.75 Å². The molecule has 0 unspecified atom stereocenters. The molecule has 26 heavy (non-hydrogen) atoms. The number of nitro benzene ring substituents is 1. The van der Waals surface area contributed by atoms with E-state index in [0.717, 1.165) is 37.2 Å². The molecule has 136 valence electrons. The zero-order valence-electron chi connectivity index (χ0n) is 14.8. The van der Waals surface area contributed by atoms with E-state index in [1.807, 2.05) is 24.3 Å². The van der Waals surface area contributed by atoms with Crippen molar-refractivity contribution in [3.05, 3.63) is 58.1 Å². The summed E-state index contributed by atoms with van der Waals surface area (Å²) in [5.41, 5.74) is 2.21. The minimum Gasteiger partial charge on any atom is -0.496 e. The molecule has 1 aliphatic heterocycles. The van der Waals surface area contributed by atoms with Crippen molar-refractivity contribution < 1.29 is 14.5 Å². The summed E-state index contributed by atoms with van der Waals surface area (Å²) in [6.07, 6.45) is 2.17. The zero-order chi connectivity index (χ0) is 18.5. The summed E-state index contributed by atoms with van der Waals surface area (Å²) >= 11 is 0. The van der Waals surface area contributed by atoms with Gasteiger partial charge in [0.15, 0.2) is 5.75 Å². The van der Waals surface area contributed by atoms with Gasteiger partial charge in [-0.2, -0.15) is 0 Å². The molecule has 1 fully saturated rings. The van der Waals surface area contributed by atoms with Gasteiger partial charge in [-0.3, -0.25) is 10.1 Å². The second kappa shape index (κ2) is 7.86. The standard InChI is InChI=1S/C19H21N3O4/c1-14(18-7-3-4-8-19(18)25-2)20-26-17-12-15(21-9-5-6-10-21)11-16(13-17)22(23)24/h3-4,7-8,11-13H,5-6,9-10H2,1-2H3. The first kappa shape index (κ1) is 17.7. The molecule has 1 heterocycles. The number of ether oxygens (including phenoxy) is 1. The van der Waals surface area contributed by atoms with Gasteiger partial charge in [0.2, 0.25) is 0 Å². The Kier molecular flexibility index (Phi) is 5.36. The van der Waals surface area contributed by atoms with Gasteiger partial charge in [-0.15, -0.1) is 0 Å². The van der Waals surface area contributed by atoms with Crippen LogP contribution in [0.3, 0.4) is 0 Å². The zero-order valence-corrected chi connectivity index (χ0v) is 14.8. The molecule has 0 N–H and O–H groups in total. The fourth-order valence-electron chi connectivity index (χ4n) is 3.00. The molecule has 2 aromatic carbocycles. The van der Waals surface area contributed by atoms with E-state index in [4.69, 9.17) is 9.57 Å². The molecular formula is C19H21N3O4. The number of non-ortho nitro benzene ring substituents is 1. The van der Waals surface area contributed by atoms with Crippen LogP contribution in [0.4, 0.5) is 11.4 Å². The van der Waals surface area contributed by atoms with E-state index in [0.29, 0.717) is 17.2 Å². The van der Waals surface area contributed by atoms with Gasteiger partial charge in [0.05, 0.1) is 23.8 Å². The highest BCUT2D eigenvalue weighted by molar-refractivity contribution is 6.00. The van der Waals surface area contributed by atoms with E-state index in [9.17, 15) is 10.1 Å². The average molecular weight is 355 g/mol. The van der Waals surface area contributed by atoms with Crippen LogP contribution >= 0.6 is 0 Å². The molecular weight excluding hydrogens is 334 g/mol. The fraction of sp³-hybridized carbons (Fsp3) is 0.316. The maximum absolute atomic E-state index is 11.2. The average Bonchev–Trinajstić information content (AvgIpc) is 3.20. The number of methoxy groups -OCH3 is 1. The van der Waals surface area contributed by atoms with Crippen LogP contribution in [0.5, 0.6) is 11.5 Å². The first-order valence-corrected chi connectivity index (χ1v) is 8.48. The van der Waals surface area contributed by atoms with Crippen molar-refractivity contribution in [1.29, 1.82) is 0 Å². The Balaban J connectivity index is 1.87. The van der Waals surface area contributed by atoms with Crippen LogP contribution < -0.4 is 14.5 Å². The monoisotopic (exact) mass is 355 g/mol. The summed E-state index contributed by atoms with van der Waals surface area (Å²) in [4.78, 5) is 18.5. The molecule has 7 nitrogen and oxygen atoms in total. The van der Waals surface area contributed by atoms with Crippen LogP contribution in [0, 0.1) is 10.1 Å². The lowest BCUT2D eigenvalue weighted by molar-refractivity contribution is -0.384. The van der Waals surface area contributed by atoms with Crippen molar-refractivity contribution in [1.82, 2.24) is 0 Å². The van der Waals surface area contributed by atoms with Gasteiger partial charge < -0.3 is 14.5 Å². The maximum Gasteiger partial charge on any atom is 0.275 e. The topological polar surface area (TPSA) is 77.2 Å². The summed E-state index contributed by atoms with van der Waals surface area (Å²) in [6.45, 7) is 3.59. The van der Waals surface area contributed by atoms with Crippen molar-refractivity contribution in [2.45, 2.75) is 19.8 Å². The van der Waals surface area contributed by atoms with Crippen molar-refractivity contribution in [3.8, 4) is 11.5 Å². The van der Waals surface area contributed by atoms with Gasteiger partial charge in [-0.25, -0.2) is 0 Å². The molecule has 0 aliphatic carbocycles. The molecule has 0 aromatic heterocycles. The molecule has 0 spiro atoms. The number of rotatable bonds is 6. The van der Waals surface area contributed by atoms with E-state index in [2.05, 4.69) is 10.1 Å². The minimum atomic E-state index is -0.413. The van der Waals surface area contributed by atoms with E-state index in [-0.39, 0.29) is 5.69 Å². The third-order valence-corrected chi connectivity index (χ3v) is 4.34. The van der Waals surface area contributed by atoms with Crippen LogP contribution in [0.2, 0.25) is 0 Å². The highest BCUT2D eigenvalue weighted by atomic mass is 16.6. The van der Waals surface area contributed by atoms with Crippen molar-refractivity contribution in [2.75, 3.05) is 25.1 Å². The summed E-state index contributed by atoms with van der Waals surface area (Å²) < 4.78 is 5.32. The van der Waals surface area contributed by atoms with Gasteiger partial charge in [0, 0.05) is 36.5 Å². The number of hydrogen-bond donors (Lipinski definition) is 0. The summed E-state index contributed by atoms with van der Waals surface area (Å²) in [7, 11) is 1.59. The smallest absolute Gasteiger partial charge is 0.275 e.